The summed E-state index contributed by atoms with van der Waals surface area (Å²) in [6.45, 7) is 5.27. The number of benzene rings is 3. The van der Waals surface area contributed by atoms with Gasteiger partial charge in [-0.25, -0.2) is 0 Å². The molecule has 2 aliphatic carbocycles. The Labute approximate surface area is 548 Å². The molecule has 0 aromatic heterocycles. The van der Waals surface area contributed by atoms with Gasteiger partial charge < -0.3 is 98.0 Å². The predicted octanol–water partition coefficient (Wildman–Crippen LogP) is -1.28. The van der Waals surface area contributed by atoms with E-state index in [2.05, 4.69) is 48.5 Å². The smallest absolute Gasteiger partial charge is 0.251 e. The normalized spacial score (nSPS) is 30.1. The first-order valence-corrected chi connectivity index (χ1v) is 33.3. The molecule has 27 heteroatoms. The van der Waals surface area contributed by atoms with Crippen LogP contribution < -0.4 is 47.7 Å². The fourth-order valence-electron chi connectivity index (χ4n) is 14.6. The standard InChI is InChI=1S/C67H97N11O16/c1-38-36-78-58(59(38)85)64(90)70-35-47(80)33-49(71-60(86)43-12-10-41(11-13-43)42-14-16-45(17-15-42)75-26-28-76(29-27-75)46-19-22-67(93-3,23-20-46)44-7-4-5-8-44)61(87)72-55(39(2)79)65(91)77-37-48(81)34-50(77)62(88)73-56(63(89)74-57(66(78)92)52(83)21-25-69)53(84)31-40-9-18-51(82)54(32-40)94-30-6-24-68/h9-18,32,38-39,44,46-50,52-53,55-59,79-85H,4-8,19-31,33-37,68-69H2,1-3H3,(H,70,90)(H,71,86)(H,72,87)(H,73,88)(H,74,89)/t38-,39+,46?,47+,48+,49?,50-,52+,53+,55-,56-,57-,58-,59-,67?/m0/s1. The number of aromatic hydroxyl groups is 1. The van der Waals surface area contributed by atoms with Crippen LogP contribution in [0, 0.1) is 11.8 Å². The lowest BCUT2D eigenvalue weighted by molar-refractivity contribution is -0.147. The summed E-state index contributed by atoms with van der Waals surface area (Å²) in [6, 6.07) is 8.59. The number of piperazine rings is 1. The Morgan fingerprint density at radius 1 is 0.723 bits per heavy atom. The van der Waals surface area contributed by atoms with Crippen molar-refractivity contribution in [2.45, 2.75) is 182 Å². The van der Waals surface area contributed by atoms with Crippen molar-refractivity contribution in [3.8, 4) is 22.6 Å². The molecular formula is C67H97N11O16. The molecule has 0 spiro atoms. The van der Waals surface area contributed by atoms with Crippen molar-refractivity contribution in [3.05, 3.63) is 77.9 Å². The first kappa shape index (κ1) is 71.2. The number of aliphatic hydroxyl groups excluding tert-OH is 6. The zero-order chi connectivity index (χ0) is 67.5. The summed E-state index contributed by atoms with van der Waals surface area (Å²) in [6.07, 6.45) is -1.53. The quantitative estimate of drug-likeness (QED) is 0.0660. The van der Waals surface area contributed by atoms with Crippen molar-refractivity contribution in [2.75, 3.05) is 77.5 Å². The van der Waals surface area contributed by atoms with Gasteiger partial charge in [0.05, 0.1) is 48.8 Å². The van der Waals surface area contributed by atoms with Gasteiger partial charge in [-0.15, -0.1) is 0 Å². The number of carbonyl (C=O) groups excluding carboxylic acids is 7. The van der Waals surface area contributed by atoms with E-state index in [1.54, 1.807) is 31.2 Å². The first-order valence-electron chi connectivity index (χ1n) is 33.3. The highest BCUT2D eigenvalue weighted by Gasteiger charge is 2.50. The largest absolute Gasteiger partial charge is 0.504 e. The number of phenols is 1. The molecule has 3 aromatic rings. The van der Waals surface area contributed by atoms with Crippen molar-refractivity contribution >= 4 is 47.0 Å². The van der Waals surface area contributed by atoms with E-state index in [-0.39, 0.29) is 60.9 Å². The molecule has 6 fully saturated rings. The number of aliphatic hydroxyl groups is 6. The van der Waals surface area contributed by atoms with Crippen LogP contribution in [0.15, 0.2) is 66.7 Å². The number of hydrogen-bond acceptors (Lipinski definition) is 20. The number of methoxy groups -OCH3 is 1. The number of nitrogens with one attached hydrogen (secondary N) is 5. The lowest BCUT2D eigenvalue weighted by Crippen LogP contribution is -2.64. The van der Waals surface area contributed by atoms with E-state index in [0.717, 1.165) is 78.5 Å². The molecule has 16 N–H and O–H groups in total. The van der Waals surface area contributed by atoms with Gasteiger partial charge in [0, 0.05) is 95.4 Å². The van der Waals surface area contributed by atoms with Gasteiger partial charge >= 0.3 is 0 Å². The van der Waals surface area contributed by atoms with E-state index in [0.29, 0.717) is 18.4 Å². The zero-order valence-corrected chi connectivity index (χ0v) is 54.0. The second-order valence-corrected chi connectivity index (χ2v) is 26.5. The maximum Gasteiger partial charge on any atom is 0.251 e. The van der Waals surface area contributed by atoms with Crippen LogP contribution in [0.3, 0.4) is 0 Å². The molecule has 3 aromatic carbocycles. The highest BCUT2D eigenvalue weighted by molar-refractivity contribution is 6.00. The lowest BCUT2D eigenvalue weighted by atomic mass is 9.73. The monoisotopic (exact) mass is 1310 g/mol. The molecule has 1 unspecified atom stereocenters. The zero-order valence-electron chi connectivity index (χ0n) is 54.0. The number of fused-ring (bicyclic) bond motifs is 2. The maximum absolute atomic E-state index is 14.8. The summed E-state index contributed by atoms with van der Waals surface area (Å²) in [5.41, 5.74) is 14.6. The average Bonchev–Trinajstić information content (AvgIpc) is 1.58. The number of β-amino-alcohol motifs (C(OH)–C–C–N with tert-alkyl or cyclic N) is 1. The molecule has 4 aliphatic heterocycles. The summed E-state index contributed by atoms with van der Waals surface area (Å²) in [4.78, 5) is 109. The van der Waals surface area contributed by atoms with E-state index >= 15 is 0 Å². The third kappa shape index (κ3) is 16.8. The minimum atomic E-state index is -2.03. The van der Waals surface area contributed by atoms with Gasteiger partial charge in [-0.05, 0) is 130 Å². The second kappa shape index (κ2) is 32.1. The van der Waals surface area contributed by atoms with Gasteiger partial charge in [-0.1, -0.05) is 50.1 Å². The van der Waals surface area contributed by atoms with E-state index in [9.17, 15) is 69.3 Å². The van der Waals surface area contributed by atoms with Gasteiger partial charge in [-0.3, -0.25) is 38.5 Å². The minimum Gasteiger partial charge on any atom is -0.504 e. The average molecular weight is 1310 g/mol. The van der Waals surface area contributed by atoms with Crippen LogP contribution in [0.5, 0.6) is 11.5 Å². The summed E-state index contributed by atoms with van der Waals surface area (Å²) >= 11 is 0. The minimum absolute atomic E-state index is 0.0108. The van der Waals surface area contributed by atoms with E-state index in [1.807, 2.05) is 19.2 Å². The molecule has 9 rings (SSSR count). The van der Waals surface area contributed by atoms with Gasteiger partial charge in [-0.2, -0.15) is 0 Å². The number of nitrogens with two attached hydrogens (primary N) is 2. The molecule has 516 valence electrons. The van der Waals surface area contributed by atoms with Crippen LogP contribution in [-0.4, -0.2) is 249 Å². The molecule has 7 amide bonds. The fraction of sp³-hybridized carbons (Fsp3) is 0.627. The van der Waals surface area contributed by atoms with Crippen LogP contribution in [0.1, 0.15) is 107 Å². The highest BCUT2D eigenvalue weighted by atomic mass is 16.5. The van der Waals surface area contributed by atoms with Crippen LogP contribution in [0.2, 0.25) is 0 Å². The SMILES string of the molecule is COC1(C2CCCC2)CCC(N2CCN(c3ccc(-c4ccc(C(=O)NC5C[C@@H](O)CNC(=O)[C@@H]6[C@@H](O)[C@@H](C)CN6C(=O)[C@H]([C@H](O)CCN)NC(=O)[C@H]([C@H](O)Cc6ccc(O)c(OCCCN)c6)NC(=O)[C@@H]6C[C@@H](O)CN6C(=O)[C@H]([C@@H](C)O)NC5=O)cc4)cc3)CC2)CC1. The fourth-order valence-corrected chi connectivity index (χ4v) is 14.6. The Bertz CT molecular complexity index is 3090. The second-order valence-electron chi connectivity index (χ2n) is 26.5. The summed E-state index contributed by atoms with van der Waals surface area (Å²) < 4.78 is 11.9. The molecule has 0 bridgehead atoms. The Balaban J connectivity index is 0.930. The summed E-state index contributed by atoms with van der Waals surface area (Å²) in [7, 11) is 1.90. The lowest BCUT2D eigenvalue weighted by Gasteiger charge is -2.47. The summed E-state index contributed by atoms with van der Waals surface area (Å²) in [5.74, 6) is -7.73. The topological polar surface area (TPSA) is 405 Å². The number of anilines is 1. The number of carbonyl (C=O) groups is 7. The Kier molecular flexibility index (Phi) is 24.4. The number of hydrogen-bond donors (Lipinski definition) is 14. The van der Waals surface area contributed by atoms with Crippen molar-refractivity contribution in [1.29, 1.82) is 0 Å². The molecule has 6 aliphatic rings. The van der Waals surface area contributed by atoms with Crippen molar-refractivity contribution in [1.82, 2.24) is 41.3 Å². The Hall–Kier alpha value is -7.05. The predicted molar refractivity (Wildman–Crippen MR) is 345 cm³/mol. The number of nitrogens with zero attached hydrogens (tertiary/aromatic N) is 4. The van der Waals surface area contributed by atoms with Crippen molar-refractivity contribution in [3.63, 3.8) is 0 Å². The van der Waals surface area contributed by atoms with Crippen LogP contribution in [0.4, 0.5) is 5.69 Å². The molecule has 2 saturated carbocycles. The van der Waals surface area contributed by atoms with Crippen LogP contribution >= 0.6 is 0 Å². The van der Waals surface area contributed by atoms with Crippen LogP contribution in [0.25, 0.3) is 11.1 Å². The van der Waals surface area contributed by atoms with E-state index < -0.39 is 152 Å². The first-order chi connectivity index (χ1) is 45.0. The van der Waals surface area contributed by atoms with Crippen molar-refractivity contribution in [2.24, 2.45) is 23.3 Å². The Morgan fingerprint density at radius 2 is 1.36 bits per heavy atom. The van der Waals surface area contributed by atoms with Gasteiger partial charge in [0.2, 0.25) is 35.4 Å². The van der Waals surface area contributed by atoms with Crippen molar-refractivity contribution < 1.29 is 78.8 Å². The third-order valence-electron chi connectivity index (χ3n) is 20.1. The number of ether oxygens (including phenoxy) is 2. The van der Waals surface area contributed by atoms with E-state index in [4.69, 9.17) is 20.9 Å². The molecule has 4 heterocycles. The van der Waals surface area contributed by atoms with E-state index in [1.165, 1.54) is 50.8 Å². The van der Waals surface area contributed by atoms with Gasteiger partial charge in [0.15, 0.2) is 11.5 Å². The third-order valence-corrected chi connectivity index (χ3v) is 20.1. The van der Waals surface area contributed by atoms with Crippen LogP contribution in [-0.2, 0) is 39.9 Å². The molecule has 94 heavy (non-hydrogen) atoms. The van der Waals surface area contributed by atoms with Gasteiger partial charge in [0.1, 0.15) is 36.3 Å². The molecule has 13 atom stereocenters. The number of phenolic OH excluding ortho intramolecular Hbond substituents is 1. The maximum atomic E-state index is 14.8. The molecular weight excluding hydrogens is 1210 g/mol. The number of rotatable bonds is 18. The molecule has 4 saturated heterocycles. The molecule has 27 nitrogen and oxygen atoms in total. The summed E-state index contributed by atoms with van der Waals surface area (Å²) in [5, 5.41) is 91.9. The highest BCUT2D eigenvalue weighted by Crippen LogP contribution is 2.46. The Morgan fingerprint density at radius 3 is 2.00 bits per heavy atom. The van der Waals surface area contributed by atoms with Gasteiger partial charge in [0.25, 0.3) is 5.91 Å². The molecule has 0 radical (unpaired) electrons. The number of amides is 7.